The van der Waals surface area contributed by atoms with Gasteiger partial charge in [-0.15, -0.1) is 0 Å². The Morgan fingerprint density at radius 2 is 1.44 bits per heavy atom. The van der Waals surface area contributed by atoms with Crippen molar-refractivity contribution >= 4 is 23.4 Å². The average Bonchev–Trinajstić information content (AvgIpc) is 2.70. The maximum absolute atomic E-state index is 12.3. The van der Waals surface area contributed by atoms with Gasteiger partial charge in [0.25, 0.3) is 0 Å². The minimum atomic E-state index is -0.432. The number of ether oxygens (including phenoxy) is 2. The first-order valence-corrected chi connectivity index (χ1v) is 8.24. The van der Waals surface area contributed by atoms with E-state index in [0.717, 1.165) is 0 Å². The Balaban J connectivity index is 1.67. The predicted octanol–water partition coefficient (Wildman–Crippen LogP) is 4.91. The molecule has 0 spiro atoms. The van der Waals surface area contributed by atoms with Crippen LogP contribution in [0.1, 0.15) is 10.4 Å². The highest BCUT2D eigenvalue weighted by Gasteiger charge is 2.10. The minimum absolute atomic E-state index is 0.407. The van der Waals surface area contributed by atoms with Crippen LogP contribution in [0, 0.1) is 0 Å². The molecular weight excluding hydrogens is 344 g/mol. The molecule has 0 aliphatic heterocycles. The number of anilines is 2. The molecule has 0 heterocycles. The third-order valence-corrected chi connectivity index (χ3v) is 3.67. The van der Waals surface area contributed by atoms with Gasteiger partial charge in [0.1, 0.15) is 5.75 Å². The van der Waals surface area contributed by atoms with E-state index >= 15 is 0 Å². The Labute approximate surface area is 156 Å². The van der Waals surface area contributed by atoms with Crippen molar-refractivity contribution in [2.75, 3.05) is 17.7 Å². The summed E-state index contributed by atoms with van der Waals surface area (Å²) in [5.74, 6) is 0.767. The number of hydrogen-bond donors (Lipinski definition) is 2. The summed E-state index contributed by atoms with van der Waals surface area (Å²) in [4.78, 5) is 23.7. The van der Waals surface area contributed by atoms with Gasteiger partial charge in [0.2, 0.25) is 0 Å². The molecular formula is C21H18N2O4. The van der Waals surface area contributed by atoms with Gasteiger partial charge in [-0.25, -0.2) is 9.59 Å². The molecule has 0 atom stereocenters. The first-order chi connectivity index (χ1) is 13.2. The first-order valence-electron chi connectivity index (χ1n) is 8.24. The molecule has 6 heteroatoms. The van der Waals surface area contributed by atoms with Crippen molar-refractivity contribution in [3.63, 3.8) is 0 Å². The fraction of sp³-hybridized carbons (Fsp3) is 0.0476. The molecule has 3 aromatic rings. The molecule has 0 saturated heterocycles. The molecule has 2 N–H and O–H groups in total. The van der Waals surface area contributed by atoms with E-state index in [2.05, 4.69) is 15.4 Å². The van der Waals surface area contributed by atoms with E-state index in [9.17, 15) is 9.59 Å². The number of para-hydroxylation sites is 3. The lowest BCUT2D eigenvalue weighted by Crippen LogP contribution is -2.19. The van der Waals surface area contributed by atoms with Crippen LogP contribution in [0.15, 0.2) is 78.9 Å². The van der Waals surface area contributed by atoms with Gasteiger partial charge in [0.15, 0.2) is 5.75 Å². The van der Waals surface area contributed by atoms with Crippen LogP contribution >= 0.6 is 0 Å². The number of benzene rings is 3. The zero-order chi connectivity index (χ0) is 19.1. The summed E-state index contributed by atoms with van der Waals surface area (Å²) in [5.41, 5.74) is 1.48. The second-order valence-electron chi connectivity index (χ2n) is 5.56. The molecule has 136 valence electrons. The van der Waals surface area contributed by atoms with Crippen LogP contribution in [0.5, 0.6) is 11.5 Å². The Hall–Kier alpha value is -3.80. The van der Waals surface area contributed by atoms with Gasteiger partial charge in [0.05, 0.1) is 18.4 Å². The van der Waals surface area contributed by atoms with E-state index in [1.54, 1.807) is 42.5 Å². The molecule has 2 amide bonds. The van der Waals surface area contributed by atoms with Crippen molar-refractivity contribution in [3.8, 4) is 11.5 Å². The molecule has 0 fully saturated rings. The molecule has 3 aromatic carbocycles. The number of esters is 1. The second kappa shape index (κ2) is 8.53. The van der Waals surface area contributed by atoms with E-state index in [0.29, 0.717) is 28.4 Å². The Kier molecular flexibility index (Phi) is 5.69. The predicted molar refractivity (Wildman–Crippen MR) is 103 cm³/mol. The topological polar surface area (TPSA) is 76.7 Å². The molecule has 0 saturated carbocycles. The molecule has 0 bridgehead atoms. The SMILES string of the molecule is COC(=O)c1ccc(NC(=O)Nc2ccccc2Oc2ccccc2)cc1. The second-order valence-corrected chi connectivity index (χ2v) is 5.56. The number of hydrogen-bond acceptors (Lipinski definition) is 4. The Morgan fingerprint density at radius 1 is 0.778 bits per heavy atom. The molecule has 0 aliphatic rings. The Morgan fingerprint density at radius 3 is 2.15 bits per heavy atom. The van der Waals surface area contributed by atoms with E-state index in [4.69, 9.17) is 4.74 Å². The van der Waals surface area contributed by atoms with Crippen LogP contribution in [0.2, 0.25) is 0 Å². The highest BCUT2D eigenvalue weighted by Crippen LogP contribution is 2.29. The molecule has 3 rings (SSSR count). The lowest BCUT2D eigenvalue weighted by Gasteiger charge is -2.13. The summed E-state index contributed by atoms with van der Waals surface area (Å²) < 4.78 is 10.5. The van der Waals surface area contributed by atoms with Crippen LogP contribution < -0.4 is 15.4 Å². The summed E-state index contributed by atoms with van der Waals surface area (Å²) in [6.45, 7) is 0. The van der Waals surface area contributed by atoms with Crippen LogP contribution in [0.3, 0.4) is 0 Å². The van der Waals surface area contributed by atoms with Crippen molar-refractivity contribution in [2.45, 2.75) is 0 Å². The average molecular weight is 362 g/mol. The summed E-state index contributed by atoms with van der Waals surface area (Å²) in [6, 6.07) is 22.4. The van der Waals surface area contributed by atoms with Crippen molar-refractivity contribution in [2.24, 2.45) is 0 Å². The maximum Gasteiger partial charge on any atom is 0.337 e. The number of carbonyl (C=O) groups excluding carboxylic acids is 2. The fourth-order valence-corrected chi connectivity index (χ4v) is 2.37. The third kappa shape index (κ3) is 4.85. The zero-order valence-corrected chi connectivity index (χ0v) is 14.6. The van der Waals surface area contributed by atoms with Crippen LogP contribution in [-0.4, -0.2) is 19.1 Å². The van der Waals surface area contributed by atoms with Gasteiger partial charge < -0.3 is 20.1 Å². The number of methoxy groups -OCH3 is 1. The summed E-state index contributed by atoms with van der Waals surface area (Å²) in [5, 5.41) is 5.47. The van der Waals surface area contributed by atoms with Gasteiger partial charge in [-0.3, -0.25) is 0 Å². The van der Waals surface area contributed by atoms with Crippen molar-refractivity contribution in [1.29, 1.82) is 0 Å². The smallest absolute Gasteiger partial charge is 0.337 e. The number of nitrogens with one attached hydrogen (secondary N) is 2. The van der Waals surface area contributed by atoms with Crippen molar-refractivity contribution in [3.05, 3.63) is 84.4 Å². The standard InChI is InChI=1S/C21H18N2O4/c1-26-20(24)15-11-13-16(14-12-15)22-21(25)23-18-9-5-6-10-19(18)27-17-7-3-2-4-8-17/h2-14H,1H3,(H2,22,23,25). The van der Waals surface area contributed by atoms with Crippen molar-refractivity contribution in [1.82, 2.24) is 0 Å². The molecule has 27 heavy (non-hydrogen) atoms. The van der Waals surface area contributed by atoms with Gasteiger partial charge >= 0.3 is 12.0 Å². The summed E-state index contributed by atoms with van der Waals surface area (Å²) in [6.07, 6.45) is 0. The normalized spacial score (nSPS) is 9.96. The van der Waals surface area contributed by atoms with E-state index in [-0.39, 0.29) is 0 Å². The number of amides is 2. The van der Waals surface area contributed by atoms with Crippen LogP contribution in [0.4, 0.5) is 16.2 Å². The van der Waals surface area contributed by atoms with Gasteiger partial charge in [-0.2, -0.15) is 0 Å². The number of carbonyl (C=O) groups is 2. The lowest BCUT2D eigenvalue weighted by atomic mass is 10.2. The van der Waals surface area contributed by atoms with E-state index in [1.165, 1.54) is 7.11 Å². The quantitative estimate of drug-likeness (QED) is 0.632. The minimum Gasteiger partial charge on any atom is -0.465 e. The van der Waals surface area contributed by atoms with Crippen molar-refractivity contribution < 1.29 is 19.1 Å². The molecule has 0 unspecified atom stereocenters. The molecule has 0 aromatic heterocycles. The van der Waals surface area contributed by atoms with Crippen LogP contribution in [-0.2, 0) is 4.74 Å². The zero-order valence-electron chi connectivity index (χ0n) is 14.6. The lowest BCUT2D eigenvalue weighted by molar-refractivity contribution is 0.0600. The highest BCUT2D eigenvalue weighted by molar-refractivity contribution is 6.01. The number of urea groups is 1. The largest absolute Gasteiger partial charge is 0.465 e. The highest BCUT2D eigenvalue weighted by atomic mass is 16.5. The van der Waals surface area contributed by atoms with E-state index < -0.39 is 12.0 Å². The van der Waals surface area contributed by atoms with Gasteiger partial charge in [-0.1, -0.05) is 30.3 Å². The van der Waals surface area contributed by atoms with E-state index in [1.807, 2.05) is 36.4 Å². The molecule has 0 aliphatic carbocycles. The number of rotatable bonds is 5. The monoisotopic (exact) mass is 362 g/mol. The van der Waals surface area contributed by atoms with Gasteiger partial charge in [-0.05, 0) is 48.5 Å². The van der Waals surface area contributed by atoms with Crippen LogP contribution in [0.25, 0.3) is 0 Å². The first kappa shape index (κ1) is 18.0. The third-order valence-electron chi connectivity index (χ3n) is 3.67. The maximum atomic E-state index is 12.3. The summed E-state index contributed by atoms with van der Waals surface area (Å²) >= 11 is 0. The van der Waals surface area contributed by atoms with Gasteiger partial charge in [0, 0.05) is 5.69 Å². The molecule has 0 radical (unpaired) electrons. The molecule has 6 nitrogen and oxygen atoms in total. The fourth-order valence-electron chi connectivity index (χ4n) is 2.37. The summed E-state index contributed by atoms with van der Waals surface area (Å²) in [7, 11) is 1.32. The Bertz CT molecular complexity index is 924.